The van der Waals surface area contributed by atoms with Gasteiger partial charge in [-0.15, -0.1) is 11.3 Å². The van der Waals surface area contributed by atoms with Crippen molar-refractivity contribution in [2.45, 2.75) is 0 Å². The molecule has 0 unspecified atom stereocenters. The van der Waals surface area contributed by atoms with E-state index in [1.165, 1.54) is 11.3 Å². The Bertz CT molecular complexity index is 3750. The second kappa shape index (κ2) is 11.2. The summed E-state index contributed by atoms with van der Waals surface area (Å²) in [6.07, 6.45) is 0. The lowest BCUT2D eigenvalue weighted by Gasteiger charge is -2.26. The molecule has 8 aromatic carbocycles. The summed E-state index contributed by atoms with van der Waals surface area (Å²) >= 11 is 1.48. The molecule has 10 aromatic rings. The van der Waals surface area contributed by atoms with Gasteiger partial charge in [-0.25, -0.2) is 0 Å². The van der Waals surface area contributed by atoms with Crippen molar-refractivity contribution in [2.75, 3.05) is 4.90 Å². The van der Waals surface area contributed by atoms with Crippen LogP contribution in [0, 0.1) is 0 Å². The lowest BCUT2D eigenvalue weighted by atomic mass is 10.0. The van der Waals surface area contributed by atoms with Crippen LogP contribution in [-0.2, 0) is 0 Å². The molecule has 0 bridgehead atoms. The lowest BCUT2D eigenvalue weighted by Crippen LogP contribution is -2.10. The van der Waals surface area contributed by atoms with E-state index in [-0.39, 0.29) is 21.9 Å². The van der Waals surface area contributed by atoms with Gasteiger partial charge in [-0.1, -0.05) is 121 Å². The van der Waals surface area contributed by atoms with Crippen molar-refractivity contribution >= 4 is 81.3 Å². The van der Waals surface area contributed by atoms with Gasteiger partial charge >= 0.3 is 0 Å². The molecule has 0 spiro atoms. The van der Waals surface area contributed by atoms with Crippen molar-refractivity contribution in [1.82, 2.24) is 0 Å². The summed E-state index contributed by atoms with van der Waals surface area (Å²) in [5.41, 5.74) is -2.59. The lowest BCUT2D eigenvalue weighted by molar-refractivity contribution is 0.672. The average Bonchev–Trinajstić information content (AvgIpc) is 3.89. The first-order valence-corrected chi connectivity index (χ1v) is 16.0. The molecule has 0 aliphatic rings. The second-order valence-electron chi connectivity index (χ2n) is 11.2. The molecule has 230 valence electrons. The summed E-state index contributed by atoms with van der Waals surface area (Å²) in [6, 6.07) is 9.14. The molecule has 49 heavy (non-hydrogen) atoms. The number of thiophene rings is 1. The second-order valence-corrected chi connectivity index (χ2v) is 12.3. The number of rotatable bonds is 5. The van der Waals surface area contributed by atoms with E-state index in [0.29, 0.717) is 11.1 Å². The van der Waals surface area contributed by atoms with Crippen LogP contribution in [0.15, 0.2) is 180 Å². The maximum atomic E-state index is 9.64. The van der Waals surface area contributed by atoms with E-state index in [0.717, 1.165) is 25.1 Å². The first-order chi connectivity index (χ1) is 31.4. The molecule has 10 rings (SSSR count). The van der Waals surface area contributed by atoms with Crippen LogP contribution in [0.5, 0.6) is 0 Å². The number of nitrogens with zero attached hydrogens (tertiary/aromatic N) is 1. The molecule has 3 heteroatoms. The summed E-state index contributed by atoms with van der Waals surface area (Å²) < 4.78 is 164. The van der Waals surface area contributed by atoms with E-state index >= 15 is 0 Å². The predicted molar refractivity (Wildman–Crippen MR) is 210 cm³/mol. The zero-order chi connectivity index (χ0) is 47.1. The van der Waals surface area contributed by atoms with Crippen LogP contribution in [0.2, 0.25) is 0 Å². The zero-order valence-electron chi connectivity index (χ0n) is 42.2. The SMILES string of the molecule is [2H]c1c([2H])c(N(c2c([2H])c([2H])c(-c3ccc4c(c3)sc3ccccc34)c([2H])c2[2H])c2c([2H])c([2H])c([2H])c3oc4c5c([2H])c([2H])c([2H])c([2H])c5c([2H])c([2H])c4c23)c([2H])c([2H])c1-c1ccccc1. The van der Waals surface area contributed by atoms with E-state index in [4.69, 9.17) is 14.0 Å². The number of hydrogen-bond donors (Lipinski definition) is 0. The maximum Gasteiger partial charge on any atom is 0.143 e. The van der Waals surface area contributed by atoms with Gasteiger partial charge in [-0.2, -0.15) is 0 Å². The van der Waals surface area contributed by atoms with Gasteiger partial charge in [0, 0.05) is 42.3 Å². The van der Waals surface area contributed by atoms with Crippen LogP contribution in [0.25, 0.3) is 75.1 Å². The Morgan fingerprint density at radius 1 is 0.490 bits per heavy atom. The highest BCUT2D eigenvalue weighted by atomic mass is 32.1. The molecule has 2 aromatic heterocycles. The molecule has 2 nitrogen and oxygen atoms in total. The van der Waals surface area contributed by atoms with Crippen molar-refractivity contribution in [2.24, 2.45) is 0 Å². The molecule has 0 saturated carbocycles. The highest BCUT2D eigenvalue weighted by Gasteiger charge is 2.20. The van der Waals surface area contributed by atoms with Gasteiger partial charge in [0.05, 0.1) is 34.4 Å². The summed E-state index contributed by atoms with van der Waals surface area (Å²) in [5, 5.41) is 0.337. The van der Waals surface area contributed by atoms with Crippen LogP contribution < -0.4 is 4.90 Å². The molecule has 0 aliphatic carbocycles. The van der Waals surface area contributed by atoms with Crippen molar-refractivity contribution in [1.29, 1.82) is 0 Å². The van der Waals surface area contributed by atoms with Gasteiger partial charge in [-0.3, -0.25) is 0 Å². The van der Waals surface area contributed by atoms with Crippen LogP contribution in [-0.4, -0.2) is 0 Å². The summed E-state index contributed by atoms with van der Waals surface area (Å²) in [6.45, 7) is 0. The molecule has 0 amide bonds. The number of furan rings is 1. The zero-order valence-corrected chi connectivity index (χ0v) is 26.0. The molecule has 2 heterocycles. The fourth-order valence-corrected chi connectivity index (χ4v) is 7.21. The van der Waals surface area contributed by atoms with E-state index < -0.39 is 142 Å². The van der Waals surface area contributed by atoms with E-state index in [2.05, 4.69) is 0 Å². The van der Waals surface area contributed by atoms with Crippen LogP contribution in [0.4, 0.5) is 17.1 Å². The van der Waals surface area contributed by atoms with Gasteiger partial charge in [0.15, 0.2) is 0 Å². The topological polar surface area (TPSA) is 16.4 Å². The monoisotopic (exact) mass is 660 g/mol. The Labute approximate surface area is 311 Å². The molecule has 0 N–H and O–H groups in total. The molecule has 0 radical (unpaired) electrons. The molecule has 0 fully saturated rings. The largest absolute Gasteiger partial charge is 0.455 e. The van der Waals surface area contributed by atoms with Crippen LogP contribution in [0.1, 0.15) is 23.3 Å². The molecule has 0 atom stereocenters. The number of anilines is 3. The van der Waals surface area contributed by atoms with Crippen molar-refractivity contribution in [3.8, 4) is 22.3 Å². The minimum Gasteiger partial charge on any atom is -0.455 e. The Balaban J connectivity index is 1.37. The molecular formula is C46H29NOS. The predicted octanol–water partition coefficient (Wildman–Crippen LogP) is 13.9. The van der Waals surface area contributed by atoms with E-state index in [1.807, 2.05) is 30.3 Å². The molecule has 0 aliphatic heterocycles. The third kappa shape index (κ3) is 4.62. The quantitative estimate of drug-likeness (QED) is 0.183. The Kier molecular flexibility index (Phi) is 3.63. The van der Waals surface area contributed by atoms with E-state index in [9.17, 15) is 13.7 Å². The fourth-order valence-electron chi connectivity index (χ4n) is 6.07. The van der Waals surface area contributed by atoms with Crippen molar-refractivity contribution in [3.63, 3.8) is 0 Å². The van der Waals surface area contributed by atoms with Crippen molar-refractivity contribution < 1.29 is 27.7 Å². The van der Waals surface area contributed by atoms with E-state index in [1.54, 1.807) is 42.5 Å². The van der Waals surface area contributed by atoms with Gasteiger partial charge in [0.2, 0.25) is 0 Å². The summed E-state index contributed by atoms with van der Waals surface area (Å²) in [7, 11) is 0. The van der Waals surface area contributed by atoms with Gasteiger partial charge in [-0.05, 0) is 82.1 Å². The summed E-state index contributed by atoms with van der Waals surface area (Å²) in [4.78, 5) is 0.792. The van der Waals surface area contributed by atoms with Gasteiger partial charge < -0.3 is 9.32 Å². The Morgan fingerprint density at radius 2 is 1.20 bits per heavy atom. The number of hydrogen-bond acceptors (Lipinski definition) is 3. The number of benzene rings is 8. The molecule has 0 saturated heterocycles. The van der Waals surface area contributed by atoms with Crippen molar-refractivity contribution in [3.05, 3.63) is 176 Å². The summed E-state index contributed by atoms with van der Waals surface area (Å²) in [5.74, 6) is 0. The minimum absolute atomic E-state index is 0.118. The average molecular weight is 661 g/mol. The third-order valence-electron chi connectivity index (χ3n) is 8.35. The van der Waals surface area contributed by atoms with Crippen LogP contribution >= 0.6 is 11.3 Å². The minimum atomic E-state index is -0.865. The standard InChI is InChI=1S/C46H29NOS/c1-2-9-30(10-3-1)31-17-23-35(24-18-31)47(41-14-8-15-42-45(41)40-28-21-33-11-4-5-12-37(33)46(40)48-42)36-25-19-32(20-26-36)34-22-27-39-38-13-6-7-16-43(38)49-44(39)29-34/h1-29H/i4D,5D,8D,11D,12D,14D,15D,17D,18D,19D,20D,21D,23D,24D,25D,26D,28D. The molecular weight excluding hydrogens is 615 g/mol. The van der Waals surface area contributed by atoms with Gasteiger partial charge in [0.25, 0.3) is 0 Å². The van der Waals surface area contributed by atoms with Gasteiger partial charge in [0.1, 0.15) is 11.2 Å². The highest BCUT2D eigenvalue weighted by Crippen LogP contribution is 2.45. The first-order valence-electron chi connectivity index (χ1n) is 23.7. The maximum absolute atomic E-state index is 9.64. The first kappa shape index (κ1) is 15.8. The Hall–Kier alpha value is -6.16. The normalized spacial score (nSPS) is 16.5. The van der Waals surface area contributed by atoms with Crippen LogP contribution in [0.3, 0.4) is 0 Å². The smallest absolute Gasteiger partial charge is 0.143 e. The highest BCUT2D eigenvalue weighted by molar-refractivity contribution is 7.25. The fraction of sp³-hybridized carbons (Fsp3) is 0. The number of fused-ring (bicyclic) bond motifs is 8. The third-order valence-corrected chi connectivity index (χ3v) is 9.49. The Morgan fingerprint density at radius 3 is 2.02 bits per heavy atom.